The van der Waals surface area contributed by atoms with Crippen LogP contribution in [-0.4, -0.2) is 49.7 Å². The van der Waals surface area contributed by atoms with E-state index < -0.39 is 5.97 Å². The number of nitrogens with zero attached hydrogens (tertiary/aromatic N) is 1. The van der Waals surface area contributed by atoms with Crippen molar-refractivity contribution >= 4 is 17.7 Å². The SMILES string of the molecule is COC(=O)c1cccc(NC(=O)NCCN2CCCC[C@H]2C)c1. The molecule has 1 aliphatic rings. The smallest absolute Gasteiger partial charge is 0.337 e. The number of piperidine rings is 1. The van der Waals surface area contributed by atoms with Crippen molar-refractivity contribution in [1.82, 2.24) is 10.2 Å². The summed E-state index contributed by atoms with van der Waals surface area (Å²) in [4.78, 5) is 25.8. The summed E-state index contributed by atoms with van der Waals surface area (Å²) in [7, 11) is 1.33. The first-order valence-electron chi connectivity index (χ1n) is 8.07. The van der Waals surface area contributed by atoms with Crippen LogP contribution in [-0.2, 0) is 4.74 Å². The molecule has 1 fully saturated rings. The van der Waals surface area contributed by atoms with Gasteiger partial charge in [0.05, 0.1) is 12.7 Å². The molecule has 1 heterocycles. The number of anilines is 1. The van der Waals surface area contributed by atoms with Crippen LogP contribution in [0, 0.1) is 0 Å². The maximum Gasteiger partial charge on any atom is 0.337 e. The van der Waals surface area contributed by atoms with E-state index in [1.165, 1.54) is 26.4 Å². The van der Waals surface area contributed by atoms with Crippen molar-refractivity contribution in [2.75, 3.05) is 32.1 Å². The zero-order valence-corrected chi connectivity index (χ0v) is 13.8. The maximum atomic E-state index is 11.9. The normalized spacial score (nSPS) is 18.3. The zero-order chi connectivity index (χ0) is 16.7. The lowest BCUT2D eigenvalue weighted by Crippen LogP contribution is -2.43. The first-order chi connectivity index (χ1) is 11.1. The van der Waals surface area contributed by atoms with Gasteiger partial charge in [-0.25, -0.2) is 9.59 Å². The molecule has 0 unspecified atom stereocenters. The number of likely N-dealkylation sites (tertiary alicyclic amines) is 1. The second kappa shape index (κ2) is 8.53. The van der Waals surface area contributed by atoms with E-state index in [4.69, 9.17) is 0 Å². The number of carbonyl (C=O) groups excluding carboxylic acids is 2. The molecule has 1 aliphatic heterocycles. The van der Waals surface area contributed by atoms with Crippen LogP contribution < -0.4 is 10.6 Å². The van der Waals surface area contributed by atoms with Crippen molar-refractivity contribution in [1.29, 1.82) is 0 Å². The molecule has 2 N–H and O–H groups in total. The zero-order valence-electron chi connectivity index (χ0n) is 13.8. The molecule has 1 aromatic rings. The number of nitrogens with one attached hydrogen (secondary N) is 2. The van der Waals surface area contributed by atoms with E-state index in [0.29, 0.717) is 23.8 Å². The fourth-order valence-electron chi connectivity index (χ4n) is 2.82. The van der Waals surface area contributed by atoms with Crippen LogP contribution in [0.25, 0.3) is 0 Å². The number of ether oxygens (including phenoxy) is 1. The summed E-state index contributed by atoms with van der Waals surface area (Å²) < 4.78 is 4.67. The van der Waals surface area contributed by atoms with Crippen molar-refractivity contribution < 1.29 is 14.3 Å². The highest BCUT2D eigenvalue weighted by atomic mass is 16.5. The van der Waals surface area contributed by atoms with E-state index in [9.17, 15) is 9.59 Å². The van der Waals surface area contributed by atoms with Crippen LogP contribution in [0.15, 0.2) is 24.3 Å². The Kier molecular flexibility index (Phi) is 6.40. The molecule has 23 heavy (non-hydrogen) atoms. The second-order valence-corrected chi connectivity index (χ2v) is 5.83. The highest BCUT2D eigenvalue weighted by molar-refractivity contribution is 5.93. The maximum absolute atomic E-state index is 11.9. The van der Waals surface area contributed by atoms with E-state index in [2.05, 4.69) is 27.2 Å². The summed E-state index contributed by atoms with van der Waals surface area (Å²) in [5, 5.41) is 5.59. The molecule has 2 rings (SSSR count). The summed E-state index contributed by atoms with van der Waals surface area (Å²) >= 11 is 0. The Morgan fingerprint density at radius 2 is 2.17 bits per heavy atom. The van der Waals surface area contributed by atoms with Gasteiger partial charge in [0.1, 0.15) is 0 Å². The number of carbonyl (C=O) groups is 2. The summed E-state index contributed by atoms with van der Waals surface area (Å²) in [6, 6.07) is 7.00. The molecule has 126 valence electrons. The lowest BCUT2D eigenvalue weighted by molar-refractivity contribution is 0.0600. The van der Waals surface area contributed by atoms with Gasteiger partial charge >= 0.3 is 12.0 Å². The minimum Gasteiger partial charge on any atom is -0.465 e. The minimum absolute atomic E-state index is 0.267. The molecule has 0 spiro atoms. The topological polar surface area (TPSA) is 70.7 Å². The van der Waals surface area contributed by atoms with Crippen molar-refractivity contribution in [3.05, 3.63) is 29.8 Å². The molecule has 0 bridgehead atoms. The number of amides is 2. The third-order valence-electron chi connectivity index (χ3n) is 4.17. The highest BCUT2D eigenvalue weighted by Gasteiger charge is 2.17. The van der Waals surface area contributed by atoms with Gasteiger partial charge in [0, 0.05) is 24.8 Å². The first kappa shape index (κ1) is 17.3. The van der Waals surface area contributed by atoms with Gasteiger partial charge in [-0.3, -0.25) is 4.90 Å². The molecular formula is C17H25N3O3. The third kappa shape index (κ3) is 5.25. The predicted octanol–water partition coefficient (Wildman–Crippen LogP) is 2.47. The lowest BCUT2D eigenvalue weighted by atomic mass is 10.0. The highest BCUT2D eigenvalue weighted by Crippen LogP contribution is 2.15. The molecule has 0 aliphatic carbocycles. The van der Waals surface area contributed by atoms with E-state index in [0.717, 1.165) is 13.1 Å². The molecule has 2 amide bonds. The van der Waals surface area contributed by atoms with Crippen molar-refractivity contribution in [3.63, 3.8) is 0 Å². The van der Waals surface area contributed by atoms with Crippen molar-refractivity contribution in [3.8, 4) is 0 Å². The Hall–Kier alpha value is -2.08. The number of methoxy groups -OCH3 is 1. The van der Waals surface area contributed by atoms with Crippen LogP contribution in [0.3, 0.4) is 0 Å². The van der Waals surface area contributed by atoms with Crippen LogP contribution in [0.5, 0.6) is 0 Å². The average molecular weight is 319 g/mol. The van der Waals surface area contributed by atoms with Crippen molar-refractivity contribution in [2.45, 2.75) is 32.2 Å². The Morgan fingerprint density at radius 3 is 2.91 bits per heavy atom. The summed E-state index contributed by atoms with van der Waals surface area (Å²) in [5.41, 5.74) is 0.976. The first-order valence-corrected chi connectivity index (χ1v) is 8.07. The molecule has 0 saturated carbocycles. The van der Waals surface area contributed by atoms with Crippen LogP contribution >= 0.6 is 0 Å². The molecule has 1 saturated heterocycles. The number of hydrogen-bond acceptors (Lipinski definition) is 4. The Labute approximate surface area is 137 Å². The number of hydrogen-bond donors (Lipinski definition) is 2. The molecule has 1 atom stereocenters. The van der Waals surface area contributed by atoms with Gasteiger partial charge < -0.3 is 15.4 Å². The summed E-state index contributed by atoms with van der Waals surface area (Å²) in [6.45, 7) is 4.80. The van der Waals surface area contributed by atoms with Gasteiger partial charge in [0.2, 0.25) is 0 Å². The molecule has 0 radical (unpaired) electrons. The number of benzene rings is 1. The number of esters is 1. The molecule has 6 nitrogen and oxygen atoms in total. The number of urea groups is 1. The van der Waals surface area contributed by atoms with E-state index in [1.54, 1.807) is 24.3 Å². The fraction of sp³-hybridized carbons (Fsp3) is 0.529. The van der Waals surface area contributed by atoms with Gasteiger partial charge in [-0.05, 0) is 44.5 Å². The fourth-order valence-corrected chi connectivity index (χ4v) is 2.82. The Balaban J connectivity index is 1.77. The second-order valence-electron chi connectivity index (χ2n) is 5.83. The predicted molar refractivity (Wildman–Crippen MR) is 89.7 cm³/mol. The van der Waals surface area contributed by atoms with Gasteiger partial charge in [-0.2, -0.15) is 0 Å². The lowest BCUT2D eigenvalue weighted by Gasteiger charge is -2.33. The van der Waals surface area contributed by atoms with Gasteiger partial charge in [-0.15, -0.1) is 0 Å². The Bertz CT molecular complexity index is 548. The van der Waals surface area contributed by atoms with Crippen LogP contribution in [0.2, 0.25) is 0 Å². The van der Waals surface area contributed by atoms with Gasteiger partial charge in [0.15, 0.2) is 0 Å². The summed E-state index contributed by atoms with van der Waals surface area (Å²) in [5.74, 6) is -0.423. The van der Waals surface area contributed by atoms with E-state index >= 15 is 0 Å². The largest absolute Gasteiger partial charge is 0.465 e. The Morgan fingerprint density at radius 1 is 1.35 bits per heavy atom. The summed E-state index contributed by atoms with van der Waals surface area (Å²) in [6.07, 6.45) is 3.76. The molecular weight excluding hydrogens is 294 g/mol. The average Bonchev–Trinajstić information content (AvgIpc) is 2.56. The van der Waals surface area contributed by atoms with Gasteiger partial charge in [-0.1, -0.05) is 12.5 Å². The standard InChI is InChI=1S/C17H25N3O3/c1-13-6-3-4-10-20(13)11-9-18-17(22)19-15-8-5-7-14(12-15)16(21)23-2/h5,7-8,12-13H,3-4,6,9-11H2,1-2H3,(H2,18,19,22)/t13-/m1/s1. The molecule has 1 aromatic carbocycles. The minimum atomic E-state index is -0.423. The van der Waals surface area contributed by atoms with Crippen LogP contribution in [0.4, 0.5) is 10.5 Å². The molecule has 6 heteroatoms. The number of rotatable bonds is 5. The molecule has 0 aromatic heterocycles. The monoisotopic (exact) mass is 319 g/mol. The van der Waals surface area contributed by atoms with E-state index in [1.807, 2.05) is 0 Å². The quantitative estimate of drug-likeness (QED) is 0.818. The van der Waals surface area contributed by atoms with E-state index in [-0.39, 0.29) is 6.03 Å². The third-order valence-corrected chi connectivity index (χ3v) is 4.17. The van der Waals surface area contributed by atoms with Crippen LogP contribution in [0.1, 0.15) is 36.5 Å². The van der Waals surface area contributed by atoms with Crippen molar-refractivity contribution in [2.24, 2.45) is 0 Å². The van der Waals surface area contributed by atoms with Gasteiger partial charge in [0.25, 0.3) is 0 Å².